The Labute approximate surface area is 192 Å². The van der Waals surface area contributed by atoms with Gasteiger partial charge in [-0.3, -0.25) is 19.5 Å². The number of nitrogens with zero attached hydrogens (tertiary/aromatic N) is 4. The van der Waals surface area contributed by atoms with Gasteiger partial charge >= 0.3 is 0 Å². The van der Waals surface area contributed by atoms with Crippen molar-refractivity contribution in [3.05, 3.63) is 70.5 Å². The fraction of sp³-hybridized carbons (Fsp3) is 0.375. The first-order valence-corrected chi connectivity index (χ1v) is 11.8. The third kappa shape index (κ3) is 4.85. The summed E-state index contributed by atoms with van der Waals surface area (Å²) in [7, 11) is 0. The van der Waals surface area contributed by atoms with Crippen LogP contribution in [0.15, 0.2) is 48.1 Å². The molecule has 1 aliphatic carbocycles. The summed E-state index contributed by atoms with van der Waals surface area (Å²) in [5, 5.41) is 8.79. The number of carbonyl (C=O) groups is 2. The van der Waals surface area contributed by atoms with Crippen LogP contribution < -0.4 is 10.2 Å². The molecule has 4 rings (SSSR count). The van der Waals surface area contributed by atoms with Crippen LogP contribution in [0.1, 0.15) is 65.3 Å². The van der Waals surface area contributed by atoms with Gasteiger partial charge in [-0.2, -0.15) is 0 Å². The lowest BCUT2D eigenvalue weighted by Gasteiger charge is -2.33. The molecule has 7 nitrogen and oxygen atoms in total. The first-order chi connectivity index (χ1) is 15.5. The second-order valence-electron chi connectivity index (χ2n) is 8.27. The van der Waals surface area contributed by atoms with Gasteiger partial charge in [0.25, 0.3) is 5.91 Å². The second-order valence-corrected chi connectivity index (χ2v) is 8.88. The van der Waals surface area contributed by atoms with Crippen LogP contribution >= 0.6 is 11.5 Å². The van der Waals surface area contributed by atoms with Crippen molar-refractivity contribution >= 4 is 29.0 Å². The van der Waals surface area contributed by atoms with Crippen molar-refractivity contribution in [2.45, 2.75) is 58.0 Å². The summed E-state index contributed by atoms with van der Waals surface area (Å²) in [5.74, 6) is -0.575. The number of hydrogen-bond donors (Lipinski definition) is 1. The predicted octanol–water partition coefficient (Wildman–Crippen LogP) is 4.39. The van der Waals surface area contributed by atoms with Crippen molar-refractivity contribution in [2.75, 3.05) is 4.90 Å². The van der Waals surface area contributed by atoms with Crippen LogP contribution in [0.4, 0.5) is 5.69 Å². The molecule has 1 N–H and O–H groups in total. The number of pyridine rings is 1. The molecule has 0 radical (unpaired) electrons. The van der Waals surface area contributed by atoms with Crippen molar-refractivity contribution in [1.82, 2.24) is 19.9 Å². The smallest absolute Gasteiger partial charge is 0.280 e. The molecule has 2 aromatic heterocycles. The summed E-state index contributed by atoms with van der Waals surface area (Å²) in [5.41, 5.74) is 3.65. The molecule has 0 unspecified atom stereocenters. The molecule has 166 valence electrons. The van der Waals surface area contributed by atoms with E-state index in [0.717, 1.165) is 48.3 Å². The monoisotopic (exact) mass is 449 g/mol. The molecule has 1 fully saturated rings. The fourth-order valence-electron chi connectivity index (χ4n) is 4.12. The van der Waals surface area contributed by atoms with Crippen molar-refractivity contribution in [3.8, 4) is 0 Å². The number of aryl methyl sites for hydroxylation is 2. The number of amides is 2. The molecule has 32 heavy (non-hydrogen) atoms. The van der Waals surface area contributed by atoms with Gasteiger partial charge in [0, 0.05) is 35.1 Å². The van der Waals surface area contributed by atoms with E-state index in [0.29, 0.717) is 11.3 Å². The van der Waals surface area contributed by atoms with E-state index in [2.05, 4.69) is 19.9 Å². The molecular weight excluding hydrogens is 422 g/mol. The van der Waals surface area contributed by atoms with E-state index in [1.165, 1.54) is 11.3 Å². The number of rotatable bonds is 6. The van der Waals surface area contributed by atoms with Crippen LogP contribution in [-0.4, -0.2) is 32.4 Å². The Hall–Kier alpha value is -3.13. The maximum absolute atomic E-state index is 13.7. The third-order valence-electron chi connectivity index (χ3n) is 6.02. The lowest BCUT2D eigenvalue weighted by atomic mass is 9.94. The average Bonchev–Trinajstić information content (AvgIpc) is 3.35. The molecule has 1 atom stereocenters. The molecule has 1 aromatic carbocycles. The molecule has 0 spiro atoms. The summed E-state index contributed by atoms with van der Waals surface area (Å²) >= 11 is 1.11. The van der Waals surface area contributed by atoms with Crippen molar-refractivity contribution in [2.24, 2.45) is 0 Å². The molecule has 1 saturated carbocycles. The highest BCUT2D eigenvalue weighted by atomic mass is 32.1. The van der Waals surface area contributed by atoms with Gasteiger partial charge in [-0.25, -0.2) is 0 Å². The first kappa shape index (κ1) is 22.1. The summed E-state index contributed by atoms with van der Waals surface area (Å²) in [6.07, 6.45) is 8.62. The molecule has 0 bridgehead atoms. The Kier molecular flexibility index (Phi) is 6.90. The Morgan fingerprint density at radius 3 is 2.59 bits per heavy atom. The van der Waals surface area contributed by atoms with Crippen LogP contribution in [0.5, 0.6) is 0 Å². The van der Waals surface area contributed by atoms with E-state index in [-0.39, 0.29) is 23.6 Å². The highest BCUT2D eigenvalue weighted by Gasteiger charge is 2.35. The van der Waals surface area contributed by atoms with Gasteiger partial charge in [-0.1, -0.05) is 35.9 Å². The first-order valence-electron chi connectivity index (χ1n) is 10.9. The summed E-state index contributed by atoms with van der Waals surface area (Å²) in [6.45, 7) is 4.01. The number of carbonyl (C=O) groups excluding carboxylic acids is 2. The van der Waals surface area contributed by atoms with Gasteiger partial charge in [0.15, 0.2) is 5.69 Å². The van der Waals surface area contributed by atoms with Gasteiger partial charge in [-0.05, 0) is 67.5 Å². The minimum atomic E-state index is -0.873. The molecule has 0 aliphatic heterocycles. The van der Waals surface area contributed by atoms with Crippen LogP contribution in [0.2, 0.25) is 0 Å². The number of aromatic nitrogens is 3. The highest BCUT2D eigenvalue weighted by molar-refractivity contribution is 7.03. The fourth-order valence-corrected chi connectivity index (χ4v) is 4.55. The number of nitrogens with one attached hydrogen (secondary N) is 1. The zero-order valence-electron chi connectivity index (χ0n) is 18.3. The van der Waals surface area contributed by atoms with E-state index < -0.39 is 6.04 Å². The van der Waals surface area contributed by atoms with Crippen molar-refractivity contribution in [3.63, 3.8) is 0 Å². The molecule has 2 amide bonds. The Morgan fingerprint density at radius 1 is 1.12 bits per heavy atom. The lowest BCUT2D eigenvalue weighted by Crippen LogP contribution is -2.47. The third-order valence-corrected chi connectivity index (χ3v) is 6.53. The maximum atomic E-state index is 13.7. The van der Waals surface area contributed by atoms with Gasteiger partial charge < -0.3 is 5.32 Å². The topological polar surface area (TPSA) is 88.1 Å². The van der Waals surface area contributed by atoms with Crippen LogP contribution in [0.3, 0.4) is 0 Å². The molecule has 2 heterocycles. The van der Waals surface area contributed by atoms with Gasteiger partial charge in [0.2, 0.25) is 5.91 Å². The van der Waals surface area contributed by atoms with E-state index in [1.54, 1.807) is 23.8 Å². The maximum Gasteiger partial charge on any atom is 0.280 e. The number of benzene rings is 1. The number of hydrogen-bond acceptors (Lipinski definition) is 6. The molecular formula is C24H27N5O2S. The Balaban J connectivity index is 1.79. The summed E-state index contributed by atoms with van der Waals surface area (Å²) < 4.78 is 3.85. The lowest BCUT2D eigenvalue weighted by molar-refractivity contribution is -0.123. The van der Waals surface area contributed by atoms with Crippen LogP contribution in [0, 0.1) is 13.8 Å². The predicted molar refractivity (Wildman–Crippen MR) is 125 cm³/mol. The Morgan fingerprint density at radius 2 is 1.94 bits per heavy atom. The average molecular weight is 450 g/mol. The van der Waals surface area contributed by atoms with E-state index in [9.17, 15) is 9.59 Å². The van der Waals surface area contributed by atoms with Crippen molar-refractivity contribution in [1.29, 1.82) is 0 Å². The molecule has 1 aliphatic rings. The van der Waals surface area contributed by atoms with E-state index in [1.807, 2.05) is 38.1 Å². The minimum absolute atomic E-state index is 0.119. The van der Waals surface area contributed by atoms with Gasteiger partial charge in [0.1, 0.15) is 6.04 Å². The minimum Gasteiger partial charge on any atom is -0.351 e. The molecule has 0 saturated heterocycles. The zero-order chi connectivity index (χ0) is 22.5. The van der Waals surface area contributed by atoms with Crippen LogP contribution in [0.25, 0.3) is 0 Å². The van der Waals surface area contributed by atoms with Gasteiger partial charge in [-0.15, -0.1) is 5.10 Å². The largest absolute Gasteiger partial charge is 0.351 e. The quantitative estimate of drug-likeness (QED) is 0.603. The van der Waals surface area contributed by atoms with Gasteiger partial charge in [0.05, 0.1) is 0 Å². The standard InChI is InChI=1S/C24H27N5O2S/c1-16-10-11-20(13-17(16)2)29(24(31)21-15-32-28-27-21)22(18-7-6-12-25-14-18)23(30)26-19-8-4-3-5-9-19/h6-7,10-15,19,22H,3-5,8-9H2,1-2H3,(H,26,30)/t22-/m0/s1. The molecule has 8 heteroatoms. The number of anilines is 1. The van der Waals surface area contributed by atoms with Crippen LogP contribution in [-0.2, 0) is 4.79 Å². The van der Waals surface area contributed by atoms with E-state index >= 15 is 0 Å². The summed E-state index contributed by atoms with van der Waals surface area (Å²) in [4.78, 5) is 33.1. The normalized spacial score (nSPS) is 15.2. The summed E-state index contributed by atoms with van der Waals surface area (Å²) in [6, 6.07) is 8.63. The Bertz CT molecular complexity index is 1070. The van der Waals surface area contributed by atoms with Crippen molar-refractivity contribution < 1.29 is 9.59 Å². The zero-order valence-corrected chi connectivity index (χ0v) is 19.1. The second kappa shape index (κ2) is 9.99. The SMILES string of the molecule is Cc1ccc(N(C(=O)c2csnn2)[C@H](C(=O)NC2CCCCC2)c2cccnc2)cc1C. The molecule has 3 aromatic rings. The highest BCUT2D eigenvalue weighted by Crippen LogP contribution is 2.31. The van der Waals surface area contributed by atoms with E-state index in [4.69, 9.17) is 0 Å².